The van der Waals surface area contributed by atoms with Gasteiger partial charge in [-0.1, -0.05) is 17.0 Å². The molecule has 1 unspecified atom stereocenters. The Morgan fingerprint density at radius 2 is 2.17 bits per heavy atom. The van der Waals surface area contributed by atoms with Crippen LogP contribution in [0.3, 0.4) is 0 Å². The maximum absolute atomic E-state index is 11.6. The number of amides is 1. The van der Waals surface area contributed by atoms with Gasteiger partial charge in [0.25, 0.3) is 0 Å². The van der Waals surface area contributed by atoms with Crippen molar-refractivity contribution in [2.24, 2.45) is 0 Å². The van der Waals surface area contributed by atoms with E-state index in [4.69, 9.17) is 0 Å². The van der Waals surface area contributed by atoms with Crippen LogP contribution in [0.5, 0.6) is 5.75 Å². The molecule has 0 aromatic heterocycles. The minimum Gasteiger partial charge on any atom is -0.506 e. The van der Waals surface area contributed by atoms with Crippen LogP contribution in [0.15, 0.2) is 18.2 Å². The average molecular weight is 345 g/mol. The second-order valence-corrected chi connectivity index (χ2v) is 7.47. The van der Waals surface area contributed by atoms with Crippen molar-refractivity contribution in [3.05, 3.63) is 23.8 Å². The van der Waals surface area contributed by atoms with Gasteiger partial charge in [-0.15, -0.1) is 0 Å². The highest BCUT2D eigenvalue weighted by Gasteiger charge is 2.36. The third-order valence-electron chi connectivity index (χ3n) is 3.34. The molecule has 2 rings (SSSR count). The van der Waals surface area contributed by atoms with Crippen molar-refractivity contribution in [3.8, 4) is 5.75 Å². The fraction of sp³-hybridized carbons (Fsp3) is 0.500. The zero-order valence-corrected chi connectivity index (χ0v) is 13.9. The van der Waals surface area contributed by atoms with E-state index in [2.05, 4.69) is 10.0 Å². The minimum atomic E-state index is -3.35. The number of β-amino-alcohol motifs (C(OH)–C–C–N with tert-alkyl or cyclic N) is 1. The van der Waals surface area contributed by atoms with Gasteiger partial charge in [0.15, 0.2) is 0 Å². The molecule has 1 heterocycles. The molecule has 6 N–H and O–H groups in total. The number of aromatic hydroxyl groups is 1. The van der Waals surface area contributed by atoms with Crippen molar-refractivity contribution >= 4 is 22.6 Å². The van der Waals surface area contributed by atoms with E-state index in [9.17, 15) is 24.1 Å². The predicted octanol–water partition coefficient (Wildman–Crippen LogP) is 1.16. The van der Waals surface area contributed by atoms with Crippen LogP contribution in [0.4, 0.5) is 5.69 Å². The molecule has 1 aromatic rings. The van der Waals surface area contributed by atoms with Crippen LogP contribution in [-0.2, 0) is 11.2 Å². The number of phenols is 1. The van der Waals surface area contributed by atoms with E-state index in [1.54, 1.807) is 12.1 Å². The van der Waals surface area contributed by atoms with Gasteiger partial charge >= 0.3 is 0 Å². The molecule has 130 valence electrons. The molecule has 9 heteroatoms. The summed E-state index contributed by atoms with van der Waals surface area (Å²) in [5, 5.41) is 22.4. The summed E-state index contributed by atoms with van der Waals surface area (Å²) in [7, 11) is -3.35. The van der Waals surface area contributed by atoms with Crippen molar-refractivity contribution in [2.45, 2.75) is 39.0 Å². The maximum Gasteiger partial charge on any atom is 0.220 e. The van der Waals surface area contributed by atoms with Crippen molar-refractivity contribution in [3.63, 3.8) is 0 Å². The Hall–Kier alpha value is -1.52. The average Bonchev–Trinajstić information content (AvgIpc) is 2.68. The van der Waals surface area contributed by atoms with Gasteiger partial charge in [-0.05, 0) is 38.0 Å². The molecule has 1 aromatic carbocycles. The number of benzene rings is 1. The normalized spacial score (nSPS) is 21.5. The summed E-state index contributed by atoms with van der Waals surface area (Å²) in [6, 6.07) is 4.81. The predicted molar refractivity (Wildman–Crippen MR) is 89.0 cm³/mol. The first-order valence-corrected chi connectivity index (χ1v) is 8.82. The van der Waals surface area contributed by atoms with Crippen LogP contribution >= 0.6 is 11.0 Å². The number of aryl methyl sites for hydroxylation is 1. The highest BCUT2D eigenvalue weighted by atomic mass is 32.3. The maximum atomic E-state index is 11.6. The van der Waals surface area contributed by atoms with E-state index in [-0.39, 0.29) is 29.9 Å². The Morgan fingerprint density at radius 1 is 1.48 bits per heavy atom. The standard InChI is InChI=1S/C14H23N3O5S/c1-9(2)15-13(19)6-4-10-3-5-11(12(18)7-10)17-8-14(20)16-23(17,21)22/h3,5,7,9,14,16,18,20-22H,4,6,8H2,1-2H3,(H,15,19). The number of carbonyl (C=O) groups is 1. The molecule has 0 spiro atoms. The SMILES string of the molecule is CC(C)NC(=O)CCc1ccc(N2CC(O)NS2(O)O)c(O)c1. The summed E-state index contributed by atoms with van der Waals surface area (Å²) in [5.74, 6) is -0.202. The lowest BCUT2D eigenvalue weighted by atomic mass is 10.1. The number of carbonyl (C=O) groups excluding carboxylic acids is 1. The number of anilines is 1. The largest absolute Gasteiger partial charge is 0.506 e. The van der Waals surface area contributed by atoms with Gasteiger partial charge in [-0.2, -0.15) is 4.72 Å². The molecule has 0 radical (unpaired) electrons. The zero-order chi connectivity index (χ0) is 17.2. The van der Waals surface area contributed by atoms with Gasteiger partial charge in [-0.25, -0.2) is 0 Å². The molecule has 0 saturated carbocycles. The number of rotatable bonds is 5. The topological polar surface area (TPSA) is 125 Å². The fourth-order valence-corrected chi connectivity index (χ4v) is 3.71. The van der Waals surface area contributed by atoms with Crippen LogP contribution in [0, 0.1) is 0 Å². The molecule has 1 saturated heterocycles. The molecular weight excluding hydrogens is 322 g/mol. The highest BCUT2D eigenvalue weighted by Crippen LogP contribution is 2.49. The van der Waals surface area contributed by atoms with Gasteiger partial charge in [0.2, 0.25) is 5.91 Å². The van der Waals surface area contributed by atoms with Crippen LogP contribution < -0.4 is 14.3 Å². The quantitative estimate of drug-likeness (QED) is 0.473. The Morgan fingerprint density at radius 3 is 2.70 bits per heavy atom. The summed E-state index contributed by atoms with van der Waals surface area (Å²) in [4.78, 5) is 11.6. The first-order valence-electron chi connectivity index (χ1n) is 7.31. The molecule has 1 aliphatic heterocycles. The summed E-state index contributed by atoms with van der Waals surface area (Å²) in [6.45, 7) is 3.72. The number of phenolic OH excluding ortho intramolecular Hbond substituents is 1. The molecule has 1 amide bonds. The van der Waals surface area contributed by atoms with Gasteiger partial charge in [0.05, 0.1) is 6.54 Å². The second-order valence-electron chi connectivity index (χ2n) is 5.76. The first-order chi connectivity index (χ1) is 10.7. The van der Waals surface area contributed by atoms with E-state index in [0.717, 1.165) is 9.87 Å². The van der Waals surface area contributed by atoms with E-state index < -0.39 is 17.2 Å². The summed E-state index contributed by atoms with van der Waals surface area (Å²) in [6.07, 6.45) is -0.321. The fourth-order valence-electron chi connectivity index (χ4n) is 2.37. The van der Waals surface area contributed by atoms with Crippen molar-refractivity contribution < 1.29 is 24.1 Å². The molecule has 23 heavy (non-hydrogen) atoms. The van der Waals surface area contributed by atoms with Crippen molar-refractivity contribution in [1.29, 1.82) is 0 Å². The van der Waals surface area contributed by atoms with Crippen LogP contribution in [0.1, 0.15) is 25.8 Å². The summed E-state index contributed by atoms with van der Waals surface area (Å²) >= 11 is 0. The number of aliphatic hydroxyl groups excluding tert-OH is 1. The lowest BCUT2D eigenvalue weighted by molar-refractivity contribution is -0.121. The number of hydrogen-bond donors (Lipinski definition) is 6. The van der Waals surface area contributed by atoms with E-state index in [0.29, 0.717) is 12.8 Å². The second kappa shape index (κ2) is 6.93. The summed E-state index contributed by atoms with van der Waals surface area (Å²) in [5.41, 5.74) is 0.971. The smallest absolute Gasteiger partial charge is 0.220 e. The molecule has 1 atom stereocenters. The van der Waals surface area contributed by atoms with Gasteiger partial charge in [0, 0.05) is 12.5 Å². The van der Waals surface area contributed by atoms with E-state index in [1.165, 1.54) is 6.07 Å². The molecule has 0 bridgehead atoms. The van der Waals surface area contributed by atoms with Crippen molar-refractivity contribution in [1.82, 2.24) is 10.0 Å². The molecule has 1 fully saturated rings. The Kier molecular flexibility index (Phi) is 5.37. The Balaban J connectivity index is 2.05. The van der Waals surface area contributed by atoms with E-state index >= 15 is 0 Å². The summed E-state index contributed by atoms with van der Waals surface area (Å²) < 4.78 is 23.1. The molecule has 1 aliphatic rings. The van der Waals surface area contributed by atoms with Crippen molar-refractivity contribution in [2.75, 3.05) is 10.8 Å². The molecule has 8 nitrogen and oxygen atoms in total. The van der Waals surface area contributed by atoms with Crippen LogP contribution in [0.2, 0.25) is 0 Å². The third kappa shape index (κ3) is 4.49. The van der Waals surface area contributed by atoms with Gasteiger partial charge < -0.3 is 15.5 Å². The zero-order valence-electron chi connectivity index (χ0n) is 13.1. The lowest BCUT2D eigenvalue weighted by Gasteiger charge is -2.36. The molecule has 0 aliphatic carbocycles. The Bertz CT molecular complexity index is 582. The first kappa shape index (κ1) is 17.8. The number of nitrogens with zero attached hydrogens (tertiary/aromatic N) is 1. The van der Waals surface area contributed by atoms with E-state index in [1.807, 2.05) is 13.8 Å². The highest BCUT2D eigenvalue weighted by molar-refractivity contribution is 8.24. The van der Waals surface area contributed by atoms with Gasteiger partial charge in [-0.3, -0.25) is 18.2 Å². The third-order valence-corrected chi connectivity index (χ3v) is 4.89. The van der Waals surface area contributed by atoms with Crippen LogP contribution in [0.25, 0.3) is 0 Å². The number of aliphatic hydroxyl groups is 1. The van der Waals surface area contributed by atoms with Crippen LogP contribution in [-0.4, -0.2) is 44.0 Å². The monoisotopic (exact) mass is 345 g/mol. The van der Waals surface area contributed by atoms with Gasteiger partial charge in [0.1, 0.15) is 17.7 Å². The lowest BCUT2D eigenvalue weighted by Crippen LogP contribution is -2.30. The minimum absolute atomic E-state index is 0.0496. The molecular formula is C14H23N3O5S. The number of hydrogen-bond acceptors (Lipinski definition) is 7. The number of nitrogens with one attached hydrogen (secondary N) is 2. The Labute approximate surface area is 136 Å².